The van der Waals surface area contributed by atoms with Crippen molar-refractivity contribution in [2.24, 2.45) is 5.92 Å². The minimum absolute atomic E-state index is 0.159. The predicted octanol–water partition coefficient (Wildman–Crippen LogP) is 1.46. The Morgan fingerprint density at radius 3 is 2.94 bits per heavy atom. The fraction of sp³-hybridized carbons (Fsp3) is 0.500. The van der Waals surface area contributed by atoms with Gasteiger partial charge in [-0.25, -0.2) is 0 Å². The van der Waals surface area contributed by atoms with Gasteiger partial charge >= 0.3 is 0 Å². The molecule has 0 radical (unpaired) electrons. The lowest BCUT2D eigenvalue weighted by Gasteiger charge is -2.21. The first-order chi connectivity index (χ1) is 8.25. The van der Waals surface area contributed by atoms with Crippen molar-refractivity contribution >= 4 is 21.8 Å². The smallest absolute Gasteiger partial charge is 0.223 e. The lowest BCUT2D eigenvalue weighted by molar-refractivity contribution is -0.125. The standard InChI is InChI=1S/C12H16BrN3O/c13-11-5-9(6-15-8-11)7-16-12(17)10-1-3-14-4-2-10/h5-6,8,10,14H,1-4,7H2,(H,16,17). The second kappa shape index (κ2) is 6.12. The van der Waals surface area contributed by atoms with Crippen LogP contribution in [0.3, 0.4) is 0 Å². The van der Waals surface area contributed by atoms with E-state index in [2.05, 4.69) is 31.5 Å². The summed E-state index contributed by atoms with van der Waals surface area (Å²) >= 11 is 3.36. The van der Waals surface area contributed by atoms with Crippen LogP contribution in [0.4, 0.5) is 0 Å². The Balaban J connectivity index is 1.83. The molecule has 0 unspecified atom stereocenters. The lowest BCUT2D eigenvalue weighted by Crippen LogP contribution is -2.37. The highest BCUT2D eigenvalue weighted by Gasteiger charge is 2.20. The third-order valence-corrected chi connectivity index (χ3v) is 3.37. The molecule has 17 heavy (non-hydrogen) atoms. The number of rotatable bonds is 3. The number of hydrogen-bond acceptors (Lipinski definition) is 3. The molecular formula is C12H16BrN3O. The van der Waals surface area contributed by atoms with Crippen molar-refractivity contribution in [3.8, 4) is 0 Å². The van der Waals surface area contributed by atoms with E-state index in [4.69, 9.17) is 0 Å². The second-order valence-corrected chi connectivity index (χ2v) is 5.17. The van der Waals surface area contributed by atoms with Crippen molar-refractivity contribution in [2.75, 3.05) is 13.1 Å². The van der Waals surface area contributed by atoms with Gasteiger partial charge in [-0.2, -0.15) is 0 Å². The Morgan fingerprint density at radius 1 is 1.47 bits per heavy atom. The van der Waals surface area contributed by atoms with Crippen molar-refractivity contribution in [3.05, 3.63) is 28.5 Å². The molecule has 1 saturated heterocycles. The monoisotopic (exact) mass is 297 g/mol. The molecule has 5 heteroatoms. The maximum atomic E-state index is 11.9. The Bertz CT molecular complexity index is 391. The molecule has 2 rings (SSSR count). The zero-order valence-electron chi connectivity index (χ0n) is 9.58. The number of hydrogen-bond donors (Lipinski definition) is 2. The number of pyridine rings is 1. The third-order valence-electron chi connectivity index (χ3n) is 2.94. The van der Waals surface area contributed by atoms with E-state index >= 15 is 0 Å². The van der Waals surface area contributed by atoms with Gasteiger partial charge in [-0.15, -0.1) is 0 Å². The van der Waals surface area contributed by atoms with Gasteiger partial charge in [0.1, 0.15) is 0 Å². The van der Waals surface area contributed by atoms with Crippen LogP contribution in [0.5, 0.6) is 0 Å². The van der Waals surface area contributed by atoms with Crippen LogP contribution in [0, 0.1) is 5.92 Å². The summed E-state index contributed by atoms with van der Waals surface area (Å²) in [5.74, 6) is 0.322. The number of nitrogens with zero attached hydrogens (tertiary/aromatic N) is 1. The summed E-state index contributed by atoms with van der Waals surface area (Å²) in [6, 6.07) is 1.97. The molecule has 1 aliphatic heterocycles. The van der Waals surface area contributed by atoms with E-state index in [1.54, 1.807) is 12.4 Å². The van der Waals surface area contributed by atoms with Gasteiger partial charge in [-0.3, -0.25) is 9.78 Å². The van der Waals surface area contributed by atoms with Gasteiger partial charge in [0, 0.05) is 29.3 Å². The number of halogens is 1. The Labute approximate surface area is 109 Å². The molecular weight excluding hydrogens is 282 g/mol. The van der Waals surface area contributed by atoms with E-state index < -0.39 is 0 Å². The topological polar surface area (TPSA) is 54.0 Å². The van der Waals surface area contributed by atoms with Gasteiger partial charge in [-0.05, 0) is 53.5 Å². The third kappa shape index (κ3) is 3.78. The Kier molecular flexibility index (Phi) is 4.50. The fourth-order valence-electron chi connectivity index (χ4n) is 1.97. The Hall–Kier alpha value is -0.940. The maximum Gasteiger partial charge on any atom is 0.223 e. The molecule has 92 valence electrons. The molecule has 0 spiro atoms. The largest absolute Gasteiger partial charge is 0.352 e. The minimum Gasteiger partial charge on any atom is -0.352 e. The molecule has 1 aromatic rings. The average molecular weight is 298 g/mol. The molecule has 2 heterocycles. The molecule has 1 amide bonds. The number of carbonyl (C=O) groups excluding carboxylic acids is 1. The molecule has 2 N–H and O–H groups in total. The molecule has 0 bridgehead atoms. The van der Waals surface area contributed by atoms with Crippen molar-refractivity contribution in [1.82, 2.24) is 15.6 Å². The summed E-state index contributed by atoms with van der Waals surface area (Å²) in [4.78, 5) is 16.0. The zero-order valence-corrected chi connectivity index (χ0v) is 11.2. The lowest BCUT2D eigenvalue weighted by atomic mass is 9.97. The van der Waals surface area contributed by atoms with Crippen LogP contribution in [-0.4, -0.2) is 24.0 Å². The van der Waals surface area contributed by atoms with Crippen LogP contribution in [0.1, 0.15) is 18.4 Å². The normalized spacial score (nSPS) is 16.8. The summed E-state index contributed by atoms with van der Waals surface area (Å²) in [6.07, 6.45) is 5.37. The molecule has 0 aliphatic carbocycles. The predicted molar refractivity (Wildman–Crippen MR) is 69.4 cm³/mol. The van der Waals surface area contributed by atoms with E-state index in [1.807, 2.05) is 6.07 Å². The van der Waals surface area contributed by atoms with Crippen molar-refractivity contribution in [1.29, 1.82) is 0 Å². The van der Waals surface area contributed by atoms with E-state index in [-0.39, 0.29) is 11.8 Å². The van der Waals surface area contributed by atoms with Crippen LogP contribution >= 0.6 is 15.9 Å². The van der Waals surface area contributed by atoms with Gasteiger partial charge in [0.05, 0.1) is 0 Å². The van der Waals surface area contributed by atoms with Crippen LogP contribution in [0.2, 0.25) is 0 Å². The van der Waals surface area contributed by atoms with E-state index in [9.17, 15) is 4.79 Å². The van der Waals surface area contributed by atoms with Gasteiger partial charge < -0.3 is 10.6 Å². The van der Waals surface area contributed by atoms with Crippen molar-refractivity contribution in [3.63, 3.8) is 0 Å². The van der Waals surface area contributed by atoms with Crippen LogP contribution in [-0.2, 0) is 11.3 Å². The van der Waals surface area contributed by atoms with E-state index in [1.165, 1.54) is 0 Å². The summed E-state index contributed by atoms with van der Waals surface area (Å²) in [5, 5.41) is 6.22. The summed E-state index contributed by atoms with van der Waals surface area (Å²) in [7, 11) is 0. The SMILES string of the molecule is O=C(NCc1cncc(Br)c1)C1CCNCC1. The van der Waals surface area contributed by atoms with Crippen LogP contribution < -0.4 is 10.6 Å². The Morgan fingerprint density at radius 2 is 2.24 bits per heavy atom. The van der Waals surface area contributed by atoms with Gasteiger partial charge in [-0.1, -0.05) is 0 Å². The number of nitrogens with one attached hydrogen (secondary N) is 2. The van der Waals surface area contributed by atoms with E-state index in [0.717, 1.165) is 36.0 Å². The highest BCUT2D eigenvalue weighted by atomic mass is 79.9. The van der Waals surface area contributed by atoms with Crippen LogP contribution in [0.15, 0.2) is 22.9 Å². The van der Waals surface area contributed by atoms with Gasteiger partial charge in [0.25, 0.3) is 0 Å². The molecule has 1 aromatic heterocycles. The number of amides is 1. The molecule has 1 aliphatic rings. The molecule has 1 fully saturated rings. The average Bonchev–Trinajstić information content (AvgIpc) is 2.37. The number of carbonyl (C=O) groups is 1. The number of piperidine rings is 1. The summed E-state index contributed by atoms with van der Waals surface area (Å²) in [6.45, 7) is 2.43. The van der Waals surface area contributed by atoms with Crippen molar-refractivity contribution in [2.45, 2.75) is 19.4 Å². The van der Waals surface area contributed by atoms with Gasteiger partial charge in [0.2, 0.25) is 5.91 Å². The van der Waals surface area contributed by atoms with Gasteiger partial charge in [0.15, 0.2) is 0 Å². The first-order valence-electron chi connectivity index (χ1n) is 5.83. The van der Waals surface area contributed by atoms with Crippen molar-refractivity contribution < 1.29 is 4.79 Å². The zero-order chi connectivity index (χ0) is 12.1. The summed E-state index contributed by atoms with van der Waals surface area (Å²) < 4.78 is 0.936. The highest BCUT2D eigenvalue weighted by Crippen LogP contribution is 2.12. The maximum absolute atomic E-state index is 11.9. The minimum atomic E-state index is 0.159. The fourth-order valence-corrected chi connectivity index (χ4v) is 2.38. The summed E-state index contributed by atoms with van der Waals surface area (Å²) in [5.41, 5.74) is 1.02. The molecule has 0 saturated carbocycles. The second-order valence-electron chi connectivity index (χ2n) is 4.25. The van der Waals surface area contributed by atoms with Crippen LogP contribution in [0.25, 0.3) is 0 Å². The molecule has 0 aromatic carbocycles. The molecule has 0 atom stereocenters. The molecule has 4 nitrogen and oxygen atoms in total. The first-order valence-corrected chi connectivity index (χ1v) is 6.63. The quantitative estimate of drug-likeness (QED) is 0.888. The highest BCUT2D eigenvalue weighted by molar-refractivity contribution is 9.10. The van der Waals surface area contributed by atoms with E-state index in [0.29, 0.717) is 6.54 Å². The first kappa shape index (κ1) is 12.5. The number of aromatic nitrogens is 1.